The van der Waals surface area contributed by atoms with E-state index in [-0.39, 0.29) is 11.3 Å². The number of hydrogen-bond acceptors (Lipinski definition) is 6. The zero-order chi connectivity index (χ0) is 22.1. The van der Waals surface area contributed by atoms with Crippen molar-refractivity contribution in [1.29, 1.82) is 0 Å². The van der Waals surface area contributed by atoms with Gasteiger partial charge in [-0.05, 0) is 50.0 Å². The topological polar surface area (TPSA) is 79.3 Å². The SMILES string of the molecule is CN(C)CCN1C(=O)C(=O)/C(=C(/O)c2ccc3c(c2)OCCO3)C1c1cccc(Br)c1. The second-order valence-electron chi connectivity index (χ2n) is 7.71. The number of halogens is 1. The standard InChI is InChI=1S/C23H23BrN2O5/c1-25(2)8-9-26-20(14-4-3-5-16(24)12-14)19(22(28)23(26)29)21(27)15-6-7-17-18(13-15)31-11-10-30-17/h3-7,12-13,20,27H,8-11H2,1-2H3/b21-19+. The Balaban J connectivity index is 1.83. The highest BCUT2D eigenvalue weighted by Gasteiger charge is 2.46. The highest BCUT2D eigenvalue weighted by Crippen LogP contribution is 2.41. The largest absolute Gasteiger partial charge is 0.507 e. The van der Waals surface area contributed by atoms with Gasteiger partial charge in [0, 0.05) is 23.1 Å². The zero-order valence-corrected chi connectivity index (χ0v) is 18.9. The van der Waals surface area contributed by atoms with Crippen molar-refractivity contribution in [3.05, 3.63) is 63.6 Å². The predicted molar refractivity (Wildman–Crippen MR) is 119 cm³/mol. The maximum Gasteiger partial charge on any atom is 0.295 e. The summed E-state index contributed by atoms with van der Waals surface area (Å²) in [5.74, 6) is -0.469. The fraction of sp³-hybridized carbons (Fsp3) is 0.304. The summed E-state index contributed by atoms with van der Waals surface area (Å²) in [4.78, 5) is 29.4. The highest BCUT2D eigenvalue weighted by atomic mass is 79.9. The van der Waals surface area contributed by atoms with Crippen LogP contribution in [0, 0.1) is 0 Å². The second-order valence-corrected chi connectivity index (χ2v) is 8.62. The van der Waals surface area contributed by atoms with Crippen LogP contribution in [-0.4, -0.2) is 67.0 Å². The number of ketones is 1. The molecule has 2 aromatic rings. The van der Waals surface area contributed by atoms with Gasteiger partial charge in [-0.3, -0.25) is 9.59 Å². The van der Waals surface area contributed by atoms with Crippen LogP contribution in [0.3, 0.4) is 0 Å². The molecule has 2 aliphatic heterocycles. The average molecular weight is 487 g/mol. The van der Waals surface area contributed by atoms with Crippen molar-refractivity contribution in [2.24, 2.45) is 0 Å². The van der Waals surface area contributed by atoms with Crippen molar-refractivity contribution < 1.29 is 24.2 Å². The van der Waals surface area contributed by atoms with Gasteiger partial charge in [0.1, 0.15) is 19.0 Å². The number of hydrogen-bond donors (Lipinski definition) is 1. The van der Waals surface area contributed by atoms with E-state index in [1.54, 1.807) is 18.2 Å². The third-order valence-corrected chi connectivity index (χ3v) is 5.80. The molecule has 2 aliphatic rings. The lowest BCUT2D eigenvalue weighted by Gasteiger charge is -2.26. The van der Waals surface area contributed by atoms with Gasteiger partial charge in [0.2, 0.25) is 0 Å². The van der Waals surface area contributed by atoms with Crippen molar-refractivity contribution in [1.82, 2.24) is 9.80 Å². The molecular formula is C23H23BrN2O5. The molecule has 162 valence electrons. The van der Waals surface area contributed by atoms with Crippen LogP contribution in [0.2, 0.25) is 0 Å². The fourth-order valence-electron chi connectivity index (χ4n) is 3.79. The average Bonchev–Trinajstić information content (AvgIpc) is 3.01. The van der Waals surface area contributed by atoms with Crippen LogP contribution in [0.4, 0.5) is 0 Å². The summed E-state index contributed by atoms with van der Waals surface area (Å²) in [5, 5.41) is 11.2. The minimum atomic E-state index is -0.698. The molecule has 2 heterocycles. The number of nitrogens with zero attached hydrogens (tertiary/aromatic N) is 2. The number of likely N-dealkylation sites (tertiary alicyclic amines) is 1. The molecule has 0 bridgehead atoms. The quantitative estimate of drug-likeness (QED) is 0.397. The molecule has 31 heavy (non-hydrogen) atoms. The minimum absolute atomic E-state index is 0.0681. The Morgan fingerprint density at radius 2 is 1.87 bits per heavy atom. The van der Waals surface area contributed by atoms with Crippen LogP contribution in [0.1, 0.15) is 17.2 Å². The van der Waals surface area contributed by atoms with Gasteiger partial charge in [0.25, 0.3) is 11.7 Å². The summed E-state index contributed by atoms with van der Waals surface area (Å²) in [6.07, 6.45) is 0. The van der Waals surface area contributed by atoms with E-state index in [9.17, 15) is 14.7 Å². The second kappa shape index (κ2) is 8.72. The number of Topliss-reactive ketones (excluding diaryl/α,β-unsaturated/α-hetero) is 1. The summed E-state index contributed by atoms with van der Waals surface area (Å²) in [6.45, 7) is 1.80. The van der Waals surface area contributed by atoms with Crippen LogP contribution >= 0.6 is 15.9 Å². The number of amides is 1. The Hall–Kier alpha value is -2.84. The Morgan fingerprint density at radius 3 is 2.58 bits per heavy atom. The Kier molecular flexibility index (Phi) is 6.02. The third-order valence-electron chi connectivity index (χ3n) is 5.31. The first-order chi connectivity index (χ1) is 14.9. The molecule has 1 amide bonds. The molecule has 0 spiro atoms. The Morgan fingerprint density at radius 1 is 1.13 bits per heavy atom. The maximum atomic E-state index is 13.0. The summed E-state index contributed by atoms with van der Waals surface area (Å²) in [7, 11) is 3.81. The first-order valence-corrected chi connectivity index (χ1v) is 10.7. The summed E-state index contributed by atoms with van der Waals surface area (Å²) in [6, 6.07) is 11.7. The first kappa shape index (κ1) is 21.4. The first-order valence-electron chi connectivity index (χ1n) is 9.95. The van der Waals surface area contributed by atoms with Gasteiger partial charge in [0.15, 0.2) is 11.5 Å². The Labute approximate surface area is 189 Å². The number of benzene rings is 2. The van der Waals surface area contributed by atoms with Gasteiger partial charge in [-0.1, -0.05) is 28.1 Å². The van der Waals surface area contributed by atoms with E-state index < -0.39 is 17.7 Å². The molecule has 0 radical (unpaired) electrons. The van der Waals surface area contributed by atoms with Gasteiger partial charge >= 0.3 is 0 Å². The molecule has 4 rings (SSSR count). The molecule has 1 unspecified atom stereocenters. The number of likely N-dealkylation sites (N-methyl/N-ethyl adjacent to an activating group) is 1. The molecular weight excluding hydrogens is 464 g/mol. The number of ether oxygens (including phenoxy) is 2. The van der Waals surface area contributed by atoms with Gasteiger partial charge < -0.3 is 24.4 Å². The van der Waals surface area contributed by atoms with E-state index in [1.807, 2.05) is 43.3 Å². The van der Waals surface area contributed by atoms with Crippen LogP contribution in [0.25, 0.3) is 5.76 Å². The monoisotopic (exact) mass is 486 g/mol. The van der Waals surface area contributed by atoms with Crippen LogP contribution in [0.5, 0.6) is 11.5 Å². The smallest absolute Gasteiger partial charge is 0.295 e. The number of rotatable bonds is 5. The fourth-order valence-corrected chi connectivity index (χ4v) is 4.20. The molecule has 8 heteroatoms. The number of aliphatic hydroxyl groups excluding tert-OH is 1. The Bertz CT molecular complexity index is 1070. The van der Waals surface area contributed by atoms with Gasteiger partial charge in [-0.2, -0.15) is 0 Å². The number of aliphatic hydroxyl groups is 1. The van der Waals surface area contributed by atoms with Crippen molar-refractivity contribution in [2.75, 3.05) is 40.4 Å². The van der Waals surface area contributed by atoms with Gasteiger partial charge in [-0.15, -0.1) is 0 Å². The molecule has 1 N–H and O–H groups in total. The lowest BCUT2D eigenvalue weighted by molar-refractivity contribution is -0.140. The van der Waals surface area contributed by atoms with E-state index >= 15 is 0 Å². The van der Waals surface area contributed by atoms with Crippen molar-refractivity contribution in [2.45, 2.75) is 6.04 Å². The van der Waals surface area contributed by atoms with Crippen molar-refractivity contribution in [3.8, 4) is 11.5 Å². The molecule has 0 aliphatic carbocycles. The van der Waals surface area contributed by atoms with E-state index in [4.69, 9.17) is 9.47 Å². The van der Waals surface area contributed by atoms with Crippen LogP contribution < -0.4 is 9.47 Å². The maximum absolute atomic E-state index is 13.0. The lowest BCUT2D eigenvalue weighted by Crippen LogP contribution is -2.35. The van der Waals surface area contributed by atoms with E-state index in [2.05, 4.69) is 15.9 Å². The summed E-state index contributed by atoms with van der Waals surface area (Å²) < 4.78 is 12.0. The lowest BCUT2D eigenvalue weighted by atomic mass is 9.95. The van der Waals surface area contributed by atoms with Gasteiger partial charge in [-0.25, -0.2) is 0 Å². The van der Waals surface area contributed by atoms with Crippen molar-refractivity contribution in [3.63, 3.8) is 0 Å². The highest BCUT2D eigenvalue weighted by molar-refractivity contribution is 9.10. The number of carbonyl (C=O) groups is 2. The number of fused-ring (bicyclic) bond motifs is 1. The van der Waals surface area contributed by atoms with E-state index in [0.29, 0.717) is 43.4 Å². The number of carbonyl (C=O) groups excluding carboxylic acids is 2. The van der Waals surface area contributed by atoms with Crippen LogP contribution in [-0.2, 0) is 9.59 Å². The minimum Gasteiger partial charge on any atom is -0.507 e. The van der Waals surface area contributed by atoms with E-state index in [1.165, 1.54) is 4.90 Å². The molecule has 1 fully saturated rings. The zero-order valence-electron chi connectivity index (χ0n) is 17.3. The summed E-state index contributed by atoms with van der Waals surface area (Å²) in [5.41, 5.74) is 1.21. The molecule has 2 aromatic carbocycles. The molecule has 0 aromatic heterocycles. The van der Waals surface area contributed by atoms with Crippen LogP contribution in [0.15, 0.2) is 52.5 Å². The molecule has 1 atom stereocenters. The molecule has 0 saturated carbocycles. The normalized spacial score (nSPS) is 19.9. The molecule has 1 saturated heterocycles. The predicted octanol–water partition coefficient (Wildman–Crippen LogP) is 3.20. The van der Waals surface area contributed by atoms with E-state index in [0.717, 1.165) is 10.0 Å². The molecule has 7 nitrogen and oxygen atoms in total. The van der Waals surface area contributed by atoms with Crippen molar-refractivity contribution >= 4 is 33.4 Å². The van der Waals surface area contributed by atoms with Gasteiger partial charge in [0.05, 0.1) is 11.6 Å². The summed E-state index contributed by atoms with van der Waals surface area (Å²) >= 11 is 3.46. The third kappa shape index (κ3) is 4.18.